The molecule has 0 amide bonds. The van der Waals surface area contributed by atoms with Crippen LogP contribution in [0.2, 0.25) is 0 Å². The van der Waals surface area contributed by atoms with E-state index in [0.29, 0.717) is 28.5 Å². The van der Waals surface area contributed by atoms with E-state index in [1.807, 2.05) is 62.3 Å². The van der Waals surface area contributed by atoms with Crippen LogP contribution in [0.15, 0.2) is 18.2 Å². The number of nitrogens with zero attached hydrogens (tertiary/aromatic N) is 6. The van der Waals surface area contributed by atoms with Crippen molar-refractivity contribution in [2.45, 2.75) is 82.1 Å². The van der Waals surface area contributed by atoms with Gasteiger partial charge in [-0.05, 0) is 80.5 Å². The van der Waals surface area contributed by atoms with E-state index in [1.54, 1.807) is 18.2 Å². The highest BCUT2D eigenvalue weighted by Crippen LogP contribution is 2.31. The van der Waals surface area contributed by atoms with Crippen molar-refractivity contribution in [3.05, 3.63) is 92.1 Å². The summed E-state index contributed by atoms with van der Waals surface area (Å²) in [7, 11) is 0. The van der Waals surface area contributed by atoms with Crippen LogP contribution in [0.3, 0.4) is 0 Å². The fraction of sp³-hybridized carbons (Fsp3) is 0.387. The normalized spacial score (nSPS) is 11.0. The number of hydrogen-bond donors (Lipinski definition) is 0. The zero-order chi connectivity index (χ0) is 29.8. The summed E-state index contributed by atoms with van der Waals surface area (Å²) in [4.78, 5) is 40.4. The molecule has 0 aliphatic rings. The molecule has 0 atom stereocenters. The average Bonchev–Trinajstić information content (AvgIpc) is 2.92. The summed E-state index contributed by atoms with van der Waals surface area (Å²) >= 11 is 0. The zero-order valence-corrected chi connectivity index (χ0v) is 25.2. The summed E-state index contributed by atoms with van der Waals surface area (Å²) in [5, 5.41) is 0. The first-order valence-electron chi connectivity index (χ1n) is 13.4. The Balaban J connectivity index is 1.58. The van der Waals surface area contributed by atoms with Crippen molar-refractivity contribution in [1.29, 1.82) is 0 Å². The Hall–Kier alpha value is -4.47. The molecule has 0 aliphatic carbocycles. The Labute approximate surface area is 240 Å². The number of carbonyl (C=O) groups is 1. The molecule has 0 aliphatic heterocycles. The van der Waals surface area contributed by atoms with Crippen LogP contribution in [0.4, 0.5) is 0 Å². The Morgan fingerprint density at radius 3 is 1.37 bits per heavy atom. The Morgan fingerprint density at radius 2 is 0.902 bits per heavy atom. The number of rotatable bonds is 9. The van der Waals surface area contributed by atoms with Gasteiger partial charge in [-0.15, -0.1) is 0 Å². The molecule has 0 N–H and O–H groups in total. The van der Waals surface area contributed by atoms with E-state index < -0.39 is 5.97 Å². The summed E-state index contributed by atoms with van der Waals surface area (Å²) in [6.07, 6.45) is 0. The molecule has 0 spiro atoms. The van der Waals surface area contributed by atoms with Crippen molar-refractivity contribution in [3.63, 3.8) is 0 Å². The Bertz CT molecular complexity index is 1620. The number of esters is 1. The van der Waals surface area contributed by atoms with Gasteiger partial charge in [-0.3, -0.25) is 29.9 Å². The Kier molecular flexibility index (Phi) is 8.90. The van der Waals surface area contributed by atoms with Gasteiger partial charge in [-0.1, -0.05) is 0 Å². The predicted octanol–water partition coefficient (Wildman–Crippen LogP) is 5.35. The molecule has 0 saturated carbocycles. The van der Waals surface area contributed by atoms with Crippen molar-refractivity contribution in [1.82, 2.24) is 29.9 Å². The SMILES string of the molecule is Cc1nc(C)c(COC(=O)c2ccc(OCc3nc(C)c(C)nc3C)c(OCc3nc(C)c(C)nc3C)c2)nc1C. The third-order valence-electron chi connectivity index (χ3n) is 6.99. The highest BCUT2D eigenvalue weighted by molar-refractivity contribution is 5.90. The number of carbonyl (C=O) groups excluding carboxylic acids is 1. The second-order valence-corrected chi connectivity index (χ2v) is 10.1. The first kappa shape index (κ1) is 29.5. The molecule has 3 heterocycles. The number of aryl methyl sites for hydroxylation is 9. The average molecular weight is 557 g/mol. The molecule has 4 aromatic rings. The molecule has 0 unspecified atom stereocenters. The molecule has 0 fully saturated rings. The van der Waals surface area contributed by atoms with Gasteiger partial charge in [0.05, 0.1) is 73.9 Å². The minimum Gasteiger partial charge on any atom is -0.483 e. The minimum absolute atomic E-state index is 0.00930. The van der Waals surface area contributed by atoms with Gasteiger partial charge in [0.25, 0.3) is 0 Å². The van der Waals surface area contributed by atoms with Crippen molar-refractivity contribution in [3.8, 4) is 11.5 Å². The summed E-state index contributed by atoms with van der Waals surface area (Å²) in [6, 6.07) is 4.94. The highest BCUT2D eigenvalue weighted by atomic mass is 16.5. The van der Waals surface area contributed by atoms with Crippen LogP contribution >= 0.6 is 0 Å². The minimum atomic E-state index is -0.515. The molecular formula is C31H36N6O4. The first-order chi connectivity index (χ1) is 19.4. The maximum absolute atomic E-state index is 13.0. The van der Waals surface area contributed by atoms with Gasteiger partial charge >= 0.3 is 5.97 Å². The van der Waals surface area contributed by atoms with Crippen molar-refractivity contribution < 1.29 is 19.0 Å². The van der Waals surface area contributed by atoms with E-state index in [0.717, 1.165) is 56.9 Å². The second kappa shape index (κ2) is 12.4. The zero-order valence-electron chi connectivity index (χ0n) is 25.2. The van der Waals surface area contributed by atoms with Crippen LogP contribution in [0, 0.1) is 62.3 Å². The summed E-state index contributed by atoms with van der Waals surface area (Å²) in [6.45, 7) is 17.4. The molecular weight excluding hydrogens is 520 g/mol. The molecule has 10 nitrogen and oxygen atoms in total. The van der Waals surface area contributed by atoms with Crippen molar-refractivity contribution in [2.24, 2.45) is 0 Å². The predicted molar refractivity (Wildman–Crippen MR) is 153 cm³/mol. The summed E-state index contributed by atoms with van der Waals surface area (Å²) < 4.78 is 17.9. The molecule has 3 aromatic heterocycles. The van der Waals surface area contributed by atoms with Gasteiger partial charge in [-0.2, -0.15) is 0 Å². The highest BCUT2D eigenvalue weighted by Gasteiger charge is 2.17. The van der Waals surface area contributed by atoms with E-state index in [4.69, 9.17) is 14.2 Å². The van der Waals surface area contributed by atoms with Crippen LogP contribution in [-0.4, -0.2) is 35.9 Å². The van der Waals surface area contributed by atoms with E-state index in [1.165, 1.54) is 0 Å². The lowest BCUT2D eigenvalue weighted by Crippen LogP contribution is -2.11. The van der Waals surface area contributed by atoms with Crippen LogP contribution < -0.4 is 9.47 Å². The second-order valence-electron chi connectivity index (χ2n) is 10.1. The molecule has 4 rings (SSSR count). The number of aromatic nitrogens is 6. The van der Waals surface area contributed by atoms with Crippen LogP contribution in [0.1, 0.15) is 78.7 Å². The standard InChI is InChI=1S/C31H36N6O4/c1-16-19(4)35-26(22(7)32-16)13-39-29-11-10-25(31(38)41-15-28-24(9)34-18(3)21(6)37-28)12-30(29)40-14-27-23(8)33-17(2)20(5)36-27/h10-12H,13-15H2,1-9H3. The van der Waals surface area contributed by atoms with E-state index in [-0.39, 0.29) is 19.8 Å². The van der Waals surface area contributed by atoms with E-state index in [9.17, 15) is 4.79 Å². The quantitative estimate of drug-likeness (QED) is 0.249. The topological polar surface area (TPSA) is 122 Å². The lowest BCUT2D eigenvalue weighted by Gasteiger charge is -2.16. The fourth-order valence-electron chi connectivity index (χ4n) is 4.07. The number of hydrogen-bond acceptors (Lipinski definition) is 10. The van der Waals surface area contributed by atoms with Gasteiger partial charge in [0.15, 0.2) is 11.5 Å². The smallest absolute Gasteiger partial charge is 0.338 e. The molecule has 214 valence electrons. The maximum Gasteiger partial charge on any atom is 0.338 e. The van der Waals surface area contributed by atoms with Gasteiger partial charge in [0.2, 0.25) is 0 Å². The number of benzene rings is 1. The Morgan fingerprint density at radius 1 is 0.512 bits per heavy atom. The molecule has 10 heteroatoms. The van der Waals surface area contributed by atoms with Gasteiger partial charge < -0.3 is 14.2 Å². The third-order valence-corrected chi connectivity index (χ3v) is 6.99. The van der Waals surface area contributed by atoms with Gasteiger partial charge in [-0.25, -0.2) is 4.79 Å². The lowest BCUT2D eigenvalue weighted by atomic mass is 10.2. The molecule has 0 bridgehead atoms. The lowest BCUT2D eigenvalue weighted by molar-refractivity contribution is 0.0465. The molecule has 41 heavy (non-hydrogen) atoms. The number of ether oxygens (including phenoxy) is 3. The maximum atomic E-state index is 13.0. The molecule has 1 aromatic carbocycles. The van der Waals surface area contributed by atoms with Crippen LogP contribution in [0.25, 0.3) is 0 Å². The van der Waals surface area contributed by atoms with Crippen LogP contribution in [-0.2, 0) is 24.6 Å². The van der Waals surface area contributed by atoms with Gasteiger partial charge in [0, 0.05) is 0 Å². The van der Waals surface area contributed by atoms with Gasteiger partial charge in [0.1, 0.15) is 19.8 Å². The molecule has 0 radical (unpaired) electrons. The fourth-order valence-corrected chi connectivity index (χ4v) is 4.07. The molecule has 0 saturated heterocycles. The largest absolute Gasteiger partial charge is 0.483 e. The third kappa shape index (κ3) is 7.00. The summed E-state index contributed by atoms with van der Waals surface area (Å²) in [5.41, 5.74) is 9.72. The monoisotopic (exact) mass is 556 g/mol. The van der Waals surface area contributed by atoms with Crippen molar-refractivity contribution in [2.75, 3.05) is 0 Å². The van der Waals surface area contributed by atoms with E-state index in [2.05, 4.69) is 29.9 Å². The van der Waals surface area contributed by atoms with Crippen molar-refractivity contribution >= 4 is 5.97 Å². The van der Waals surface area contributed by atoms with Crippen LogP contribution in [0.5, 0.6) is 11.5 Å². The van der Waals surface area contributed by atoms with E-state index >= 15 is 0 Å². The summed E-state index contributed by atoms with van der Waals surface area (Å²) in [5.74, 6) is 0.306. The first-order valence-corrected chi connectivity index (χ1v) is 13.4.